The fourth-order valence-corrected chi connectivity index (χ4v) is 2.76. The molecule has 0 unspecified atom stereocenters. The number of thiophene rings is 1. The smallest absolute Gasteiger partial charge is 0.262 e. The average Bonchev–Trinajstić information content (AvgIpc) is 2.95. The van der Waals surface area contributed by atoms with Crippen LogP contribution >= 0.6 is 11.3 Å². The Kier molecular flexibility index (Phi) is 5.46. The van der Waals surface area contributed by atoms with Crippen LogP contribution in [0.5, 0.6) is 0 Å². The lowest BCUT2D eigenvalue weighted by Gasteiger charge is -2.17. The first-order chi connectivity index (χ1) is 10.1. The van der Waals surface area contributed by atoms with Crippen molar-refractivity contribution in [3.8, 4) is 0 Å². The van der Waals surface area contributed by atoms with Gasteiger partial charge in [-0.3, -0.25) is 14.2 Å². The van der Waals surface area contributed by atoms with Crippen molar-refractivity contribution in [1.82, 2.24) is 14.5 Å². The summed E-state index contributed by atoms with van der Waals surface area (Å²) >= 11 is 1.41. The number of nitrogens with zero attached hydrogens (tertiary/aromatic N) is 3. The standard InChI is InChI=1S/C14H19N3O3S/c1-16(6-3-2-4-7-18)12(19)9-17-10-15-13-11(14(17)20)5-8-21-13/h5,8,10,18H,2-4,6-7,9H2,1H3. The van der Waals surface area contributed by atoms with Gasteiger partial charge < -0.3 is 10.0 Å². The molecule has 2 aromatic rings. The van der Waals surface area contributed by atoms with Crippen LogP contribution in [0, 0.1) is 0 Å². The molecular formula is C14H19N3O3S. The molecule has 0 radical (unpaired) electrons. The van der Waals surface area contributed by atoms with Crippen molar-refractivity contribution in [2.75, 3.05) is 20.2 Å². The molecule has 0 aliphatic carbocycles. The summed E-state index contributed by atoms with van der Waals surface area (Å²) in [6.07, 6.45) is 3.91. The second-order valence-corrected chi connectivity index (χ2v) is 5.81. The monoisotopic (exact) mass is 309 g/mol. The Labute approximate surface area is 126 Å². The molecular weight excluding hydrogens is 290 g/mol. The van der Waals surface area contributed by atoms with Gasteiger partial charge in [-0.25, -0.2) is 4.98 Å². The highest BCUT2D eigenvalue weighted by atomic mass is 32.1. The van der Waals surface area contributed by atoms with E-state index >= 15 is 0 Å². The summed E-state index contributed by atoms with van der Waals surface area (Å²) in [7, 11) is 1.73. The fourth-order valence-electron chi connectivity index (χ4n) is 2.03. The van der Waals surface area contributed by atoms with E-state index in [2.05, 4.69) is 4.98 Å². The molecule has 0 aliphatic heterocycles. The Balaban J connectivity index is 1.97. The normalized spacial score (nSPS) is 11.0. The molecule has 21 heavy (non-hydrogen) atoms. The van der Waals surface area contributed by atoms with E-state index in [1.54, 1.807) is 18.0 Å². The summed E-state index contributed by atoms with van der Waals surface area (Å²) in [6.45, 7) is 0.815. The molecule has 0 saturated carbocycles. The number of aliphatic hydroxyl groups is 1. The zero-order valence-corrected chi connectivity index (χ0v) is 12.8. The number of hydrogen-bond acceptors (Lipinski definition) is 5. The van der Waals surface area contributed by atoms with Gasteiger partial charge in [-0.15, -0.1) is 11.3 Å². The maximum atomic E-state index is 12.2. The lowest BCUT2D eigenvalue weighted by Crippen LogP contribution is -2.34. The van der Waals surface area contributed by atoms with E-state index in [1.165, 1.54) is 22.2 Å². The van der Waals surface area contributed by atoms with Gasteiger partial charge in [0.05, 0.1) is 11.7 Å². The molecule has 0 fully saturated rings. The quantitative estimate of drug-likeness (QED) is 0.777. The Morgan fingerprint density at radius 2 is 2.24 bits per heavy atom. The molecule has 6 nitrogen and oxygen atoms in total. The topological polar surface area (TPSA) is 75.4 Å². The molecule has 0 aromatic carbocycles. The molecule has 7 heteroatoms. The van der Waals surface area contributed by atoms with E-state index in [-0.39, 0.29) is 24.6 Å². The highest BCUT2D eigenvalue weighted by molar-refractivity contribution is 7.16. The second-order valence-electron chi connectivity index (χ2n) is 4.92. The molecule has 0 saturated heterocycles. The van der Waals surface area contributed by atoms with Crippen molar-refractivity contribution in [3.05, 3.63) is 28.1 Å². The minimum Gasteiger partial charge on any atom is -0.396 e. The van der Waals surface area contributed by atoms with Crippen molar-refractivity contribution >= 4 is 27.5 Å². The molecule has 2 aromatic heterocycles. The van der Waals surface area contributed by atoms with Crippen molar-refractivity contribution < 1.29 is 9.90 Å². The van der Waals surface area contributed by atoms with Gasteiger partial charge in [0.1, 0.15) is 11.4 Å². The van der Waals surface area contributed by atoms with Gasteiger partial charge in [0.25, 0.3) is 5.56 Å². The number of hydrogen-bond donors (Lipinski definition) is 1. The zero-order chi connectivity index (χ0) is 15.2. The largest absolute Gasteiger partial charge is 0.396 e. The number of likely N-dealkylation sites (N-methyl/N-ethyl adjacent to an activating group) is 1. The molecule has 1 amide bonds. The Bertz CT molecular complexity index is 665. The SMILES string of the molecule is CN(CCCCCO)C(=O)Cn1cnc2sccc2c1=O. The Morgan fingerprint density at radius 3 is 3.00 bits per heavy atom. The number of carbonyl (C=O) groups is 1. The summed E-state index contributed by atoms with van der Waals surface area (Å²) in [5.41, 5.74) is -0.178. The molecule has 0 spiro atoms. The van der Waals surface area contributed by atoms with Gasteiger partial charge in [-0.05, 0) is 30.7 Å². The summed E-state index contributed by atoms with van der Waals surface area (Å²) in [5.74, 6) is -0.113. The average molecular weight is 309 g/mol. The molecule has 114 valence electrons. The third-order valence-corrected chi connectivity index (χ3v) is 4.15. The summed E-state index contributed by atoms with van der Waals surface area (Å²) < 4.78 is 1.35. The van der Waals surface area contributed by atoms with Gasteiger partial charge in [0.15, 0.2) is 0 Å². The number of fused-ring (bicyclic) bond motifs is 1. The molecule has 0 aliphatic rings. The van der Waals surface area contributed by atoms with Crippen LogP contribution in [0.4, 0.5) is 0 Å². The number of aromatic nitrogens is 2. The third kappa shape index (κ3) is 3.89. The highest BCUT2D eigenvalue weighted by Crippen LogP contribution is 2.13. The van der Waals surface area contributed by atoms with Crippen LogP contribution in [-0.4, -0.2) is 45.7 Å². The maximum Gasteiger partial charge on any atom is 0.262 e. The first-order valence-electron chi connectivity index (χ1n) is 6.91. The van der Waals surface area contributed by atoms with Crippen LogP contribution in [0.3, 0.4) is 0 Å². The Morgan fingerprint density at radius 1 is 1.43 bits per heavy atom. The minimum absolute atomic E-state index is 0.00806. The van der Waals surface area contributed by atoms with Crippen LogP contribution in [-0.2, 0) is 11.3 Å². The number of carbonyl (C=O) groups excluding carboxylic acids is 1. The summed E-state index contributed by atoms with van der Waals surface area (Å²) in [6, 6.07) is 1.73. The molecule has 0 atom stereocenters. The van der Waals surface area contributed by atoms with Crippen LogP contribution in [0.15, 0.2) is 22.6 Å². The van der Waals surface area contributed by atoms with Crippen molar-refractivity contribution in [2.45, 2.75) is 25.8 Å². The van der Waals surface area contributed by atoms with Gasteiger partial charge in [0.2, 0.25) is 5.91 Å². The molecule has 0 bridgehead atoms. The number of aliphatic hydroxyl groups excluding tert-OH is 1. The third-order valence-electron chi connectivity index (χ3n) is 3.33. The molecule has 2 heterocycles. The van der Waals surface area contributed by atoms with Gasteiger partial charge in [0, 0.05) is 20.2 Å². The number of rotatable bonds is 7. The van der Waals surface area contributed by atoms with E-state index in [9.17, 15) is 9.59 Å². The van der Waals surface area contributed by atoms with E-state index in [0.29, 0.717) is 16.8 Å². The van der Waals surface area contributed by atoms with E-state index < -0.39 is 0 Å². The van der Waals surface area contributed by atoms with Gasteiger partial charge >= 0.3 is 0 Å². The zero-order valence-electron chi connectivity index (χ0n) is 12.0. The van der Waals surface area contributed by atoms with Gasteiger partial charge in [-0.2, -0.15) is 0 Å². The second kappa shape index (κ2) is 7.33. The van der Waals surface area contributed by atoms with Crippen molar-refractivity contribution in [1.29, 1.82) is 0 Å². The van der Waals surface area contributed by atoms with Crippen LogP contribution in [0.2, 0.25) is 0 Å². The van der Waals surface area contributed by atoms with E-state index in [1.807, 2.05) is 5.38 Å². The number of amides is 1. The summed E-state index contributed by atoms with van der Waals surface area (Å²) in [5, 5.41) is 11.1. The van der Waals surface area contributed by atoms with Crippen LogP contribution < -0.4 is 5.56 Å². The molecule has 1 N–H and O–H groups in total. The number of unbranched alkanes of at least 4 members (excludes halogenated alkanes) is 2. The molecule has 2 rings (SSSR count). The highest BCUT2D eigenvalue weighted by Gasteiger charge is 2.12. The lowest BCUT2D eigenvalue weighted by molar-refractivity contribution is -0.130. The minimum atomic E-state index is -0.178. The first kappa shape index (κ1) is 15.7. The van der Waals surface area contributed by atoms with Crippen molar-refractivity contribution in [3.63, 3.8) is 0 Å². The van der Waals surface area contributed by atoms with E-state index in [4.69, 9.17) is 5.11 Å². The first-order valence-corrected chi connectivity index (χ1v) is 7.79. The van der Waals surface area contributed by atoms with E-state index in [0.717, 1.165) is 19.3 Å². The predicted octanol–water partition coefficient (Wildman–Crippen LogP) is 1.08. The van der Waals surface area contributed by atoms with Gasteiger partial charge in [-0.1, -0.05) is 0 Å². The van der Waals surface area contributed by atoms with Crippen molar-refractivity contribution in [2.24, 2.45) is 0 Å². The van der Waals surface area contributed by atoms with Crippen LogP contribution in [0.1, 0.15) is 19.3 Å². The summed E-state index contributed by atoms with van der Waals surface area (Å²) in [4.78, 5) is 30.8. The van der Waals surface area contributed by atoms with Crippen LogP contribution in [0.25, 0.3) is 10.2 Å². The Hall–Kier alpha value is -1.73. The fraction of sp³-hybridized carbons (Fsp3) is 0.500. The lowest BCUT2D eigenvalue weighted by atomic mass is 10.2. The predicted molar refractivity (Wildman–Crippen MR) is 82.5 cm³/mol. The maximum absolute atomic E-state index is 12.2.